The molecule has 0 amide bonds. The van der Waals surface area contributed by atoms with Crippen LogP contribution in [0.3, 0.4) is 0 Å². The van der Waals surface area contributed by atoms with Crippen molar-refractivity contribution >= 4 is 26.0 Å². The maximum absolute atomic E-state index is 12.6. The number of ether oxygens (including phenoxy) is 2. The molecule has 1 aliphatic rings. The zero-order valence-corrected chi connectivity index (χ0v) is 13.9. The van der Waals surface area contributed by atoms with E-state index < -0.39 is 16.3 Å². The molecule has 1 aliphatic heterocycles. The van der Waals surface area contributed by atoms with Gasteiger partial charge in [0, 0.05) is 11.5 Å². The van der Waals surface area contributed by atoms with Crippen LogP contribution in [-0.2, 0) is 25.9 Å². The molecule has 20 heavy (non-hydrogen) atoms. The molecule has 0 unspecified atom stereocenters. The van der Waals surface area contributed by atoms with E-state index in [1.54, 1.807) is 19.2 Å². The molecule has 0 N–H and O–H groups in total. The van der Waals surface area contributed by atoms with Crippen molar-refractivity contribution in [3.63, 3.8) is 0 Å². The van der Waals surface area contributed by atoms with Crippen LogP contribution in [0.2, 0.25) is 0 Å². The second-order valence-corrected chi connectivity index (χ2v) is 7.49. The molecule has 1 fully saturated rings. The molecule has 0 aromatic heterocycles. The minimum absolute atomic E-state index is 0.196. The molecular formula is C13H18BrNO4S. The van der Waals surface area contributed by atoms with Gasteiger partial charge in [-0.15, -0.1) is 0 Å². The van der Waals surface area contributed by atoms with Gasteiger partial charge in [-0.05, 0) is 30.2 Å². The fourth-order valence-corrected chi connectivity index (χ4v) is 3.90. The molecule has 5 nitrogen and oxygen atoms in total. The molecule has 0 radical (unpaired) electrons. The highest BCUT2D eigenvalue weighted by molar-refractivity contribution is 9.10. The van der Waals surface area contributed by atoms with Gasteiger partial charge in [-0.2, -0.15) is 4.31 Å². The number of hydrogen-bond acceptors (Lipinski definition) is 4. The Bertz CT molecular complexity index is 570. The zero-order chi connectivity index (χ0) is 14.8. The van der Waals surface area contributed by atoms with E-state index in [1.807, 2.05) is 13.0 Å². The van der Waals surface area contributed by atoms with Gasteiger partial charge in [0.25, 0.3) is 0 Å². The highest BCUT2D eigenvalue weighted by Gasteiger charge is 2.28. The summed E-state index contributed by atoms with van der Waals surface area (Å²) in [5.74, 6) is 0. The molecule has 0 bridgehead atoms. The Morgan fingerprint density at radius 2 is 2.00 bits per heavy atom. The maximum atomic E-state index is 12.6. The van der Waals surface area contributed by atoms with Gasteiger partial charge in [0.05, 0.1) is 24.7 Å². The first-order chi connectivity index (χ1) is 9.45. The lowest BCUT2D eigenvalue weighted by Crippen LogP contribution is -2.35. The van der Waals surface area contributed by atoms with Crippen LogP contribution in [-0.4, -0.2) is 45.8 Å². The van der Waals surface area contributed by atoms with Crippen LogP contribution >= 0.6 is 15.9 Å². The molecule has 0 aliphatic carbocycles. The summed E-state index contributed by atoms with van der Waals surface area (Å²) >= 11 is 3.36. The van der Waals surface area contributed by atoms with Gasteiger partial charge in [-0.1, -0.05) is 22.9 Å². The van der Waals surface area contributed by atoms with Crippen LogP contribution in [0.25, 0.3) is 0 Å². The van der Waals surface area contributed by atoms with E-state index in [2.05, 4.69) is 15.9 Å². The lowest BCUT2D eigenvalue weighted by Gasteiger charge is -2.21. The Hall–Kier alpha value is -0.470. The molecular weight excluding hydrogens is 346 g/mol. The number of nitrogens with zero attached hydrogens (tertiary/aromatic N) is 1. The SMILES string of the molecule is CCc1cc(Br)ccc1S(=O)(=O)N(C)CC1OCCO1. The van der Waals surface area contributed by atoms with E-state index in [1.165, 1.54) is 4.31 Å². The lowest BCUT2D eigenvalue weighted by atomic mass is 10.2. The van der Waals surface area contributed by atoms with E-state index in [0.29, 0.717) is 24.5 Å². The number of halogens is 1. The summed E-state index contributed by atoms with van der Waals surface area (Å²) in [6.45, 7) is 3.15. The third-order valence-electron chi connectivity index (χ3n) is 3.19. The Morgan fingerprint density at radius 1 is 1.35 bits per heavy atom. The minimum atomic E-state index is -3.53. The Kier molecular flexibility index (Phi) is 5.19. The Labute approximate surface area is 128 Å². The first kappa shape index (κ1) is 15.9. The summed E-state index contributed by atoms with van der Waals surface area (Å²) < 4.78 is 38.0. The molecule has 1 saturated heterocycles. The summed E-state index contributed by atoms with van der Waals surface area (Å²) in [4.78, 5) is 0.337. The van der Waals surface area contributed by atoms with Crippen molar-refractivity contribution in [1.29, 1.82) is 0 Å². The van der Waals surface area contributed by atoms with Crippen LogP contribution in [0, 0.1) is 0 Å². The van der Waals surface area contributed by atoms with Gasteiger partial charge >= 0.3 is 0 Å². The van der Waals surface area contributed by atoms with E-state index in [9.17, 15) is 8.42 Å². The molecule has 1 aromatic carbocycles. The zero-order valence-electron chi connectivity index (χ0n) is 11.5. The van der Waals surface area contributed by atoms with Gasteiger partial charge in [-0.25, -0.2) is 8.42 Å². The van der Waals surface area contributed by atoms with Crippen molar-refractivity contribution in [3.8, 4) is 0 Å². The highest BCUT2D eigenvalue weighted by atomic mass is 79.9. The molecule has 1 aromatic rings. The molecule has 1 heterocycles. The molecule has 0 saturated carbocycles. The third kappa shape index (κ3) is 3.40. The van der Waals surface area contributed by atoms with Gasteiger partial charge < -0.3 is 9.47 Å². The summed E-state index contributed by atoms with van der Waals surface area (Å²) in [5, 5.41) is 0. The molecule has 7 heteroatoms. The molecule has 0 atom stereocenters. The van der Waals surface area contributed by atoms with Gasteiger partial charge in [0.15, 0.2) is 6.29 Å². The monoisotopic (exact) mass is 363 g/mol. The van der Waals surface area contributed by atoms with E-state index in [0.717, 1.165) is 10.0 Å². The molecule has 2 rings (SSSR count). The second kappa shape index (κ2) is 6.53. The van der Waals surface area contributed by atoms with E-state index in [4.69, 9.17) is 9.47 Å². The average Bonchev–Trinajstić information content (AvgIpc) is 2.91. The summed E-state index contributed by atoms with van der Waals surface area (Å²) in [6, 6.07) is 5.21. The van der Waals surface area contributed by atoms with Crippen LogP contribution in [0.4, 0.5) is 0 Å². The minimum Gasteiger partial charge on any atom is -0.349 e. The summed E-state index contributed by atoms with van der Waals surface area (Å²) in [5.41, 5.74) is 0.791. The van der Waals surface area contributed by atoms with Crippen molar-refractivity contribution < 1.29 is 17.9 Å². The van der Waals surface area contributed by atoms with Crippen molar-refractivity contribution in [2.24, 2.45) is 0 Å². The van der Waals surface area contributed by atoms with Gasteiger partial charge in [0.2, 0.25) is 10.0 Å². The number of likely N-dealkylation sites (N-methyl/N-ethyl adjacent to an activating group) is 1. The van der Waals surface area contributed by atoms with Gasteiger partial charge in [-0.3, -0.25) is 0 Å². The number of rotatable bonds is 5. The lowest BCUT2D eigenvalue weighted by molar-refractivity contribution is -0.0482. The van der Waals surface area contributed by atoms with Crippen LogP contribution in [0.15, 0.2) is 27.6 Å². The smallest absolute Gasteiger partial charge is 0.243 e. The standard InChI is InChI=1S/C13H18BrNO4S/c1-3-10-8-11(14)4-5-12(10)20(16,17)15(2)9-13-18-6-7-19-13/h4-5,8,13H,3,6-7,9H2,1-2H3. The van der Waals surface area contributed by atoms with Crippen molar-refractivity contribution in [2.45, 2.75) is 24.5 Å². The molecule has 112 valence electrons. The van der Waals surface area contributed by atoms with E-state index in [-0.39, 0.29) is 6.54 Å². The number of sulfonamides is 1. The highest BCUT2D eigenvalue weighted by Crippen LogP contribution is 2.24. The Morgan fingerprint density at radius 3 is 2.60 bits per heavy atom. The number of hydrogen-bond donors (Lipinski definition) is 0. The van der Waals surface area contributed by atoms with E-state index >= 15 is 0 Å². The van der Waals surface area contributed by atoms with Crippen LogP contribution in [0.5, 0.6) is 0 Å². The van der Waals surface area contributed by atoms with Crippen LogP contribution < -0.4 is 0 Å². The number of aryl methyl sites for hydroxylation is 1. The Balaban J connectivity index is 2.24. The normalized spacial score (nSPS) is 17.0. The first-order valence-electron chi connectivity index (χ1n) is 6.43. The first-order valence-corrected chi connectivity index (χ1v) is 8.66. The van der Waals surface area contributed by atoms with Gasteiger partial charge in [0.1, 0.15) is 0 Å². The van der Waals surface area contributed by atoms with Crippen molar-refractivity contribution in [2.75, 3.05) is 26.8 Å². The number of benzene rings is 1. The fraction of sp³-hybridized carbons (Fsp3) is 0.538. The maximum Gasteiger partial charge on any atom is 0.243 e. The summed E-state index contributed by atoms with van der Waals surface area (Å²) in [6.07, 6.45) is 0.174. The average molecular weight is 364 g/mol. The second-order valence-electron chi connectivity index (χ2n) is 4.56. The quantitative estimate of drug-likeness (QED) is 0.802. The third-order valence-corrected chi connectivity index (χ3v) is 5.61. The van der Waals surface area contributed by atoms with Crippen molar-refractivity contribution in [1.82, 2.24) is 4.31 Å². The van der Waals surface area contributed by atoms with Crippen LogP contribution in [0.1, 0.15) is 12.5 Å². The topological polar surface area (TPSA) is 55.8 Å². The predicted molar refractivity (Wildman–Crippen MR) is 79.0 cm³/mol. The predicted octanol–water partition coefficient (Wildman–Crippen LogP) is 2.00. The largest absolute Gasteiger partial charge is 0.349 e. The summed E-state index contributed by atoms with van der Waals surface area (Å²) in [7, 11) is -1.99. The van der Waals surface area contributed by atoms with Crippen molar-refractivity contribution in [3.05, 3.63) is 28.2 Å². The fourth-order valence-electron chi connectivity index (χ4n) is 2.06. The molecule has 0 spiro atoms.